The van der Waals surface area contributed by atoms with Gasteiger partial charge in [0.05, 0.1) is 75.7 Å². The van der Waals surface area contributed by atoms with E-state index in [0.717, 1.165) is 119 Å². The number of hydrogen-bond donors (Lipinski definition) is 5. The van der Waals surface area contributed by atoms with E-state index in [1.165, 1.54) is 32.9 Å². The van der Waals surface area contributed by atoms with Gasteiger partial charge in [-0.1, -0.05) is 42.2 Å². The predicted octanol–water partition coefficient (Wildman–Crippen LogP) is 11.8. The molecule has 3 unspecified atom stereocenters. The molecule has 0 radical (unpaired) electrons. The van der Waals surface area contributed by atoms with E-state index in [1.54, 1.807) is 68.9 Å². The number of methoxy groups -OCH3 is 1. The Morgan fingerprint density at radius 2 is 1.12 bits per heavy atom. The molecule has 608 valence electrons. The molecule has 3 aliphatic carbocycles. The molecule has 3 saturated carbocycles. The van der Waals surface area contributed by atoms with Gasteiger partial charge in [0.25, 0.3) is 11.8 Å². The summed E-state index contributed by atoms with van der Waals surface area (Å²) < 4.78 is 97.7. The summed E-state index contributed by atoms with van der Waals surface area (Å²) in [7, 11) is 6.91. The van der Waals surface area contributed by atoms with Gasteiger partial charge in [-0.25, -0.2) is 19.6 Å². The molecular weight excluding hydrogens is 1510 g/mol. The predicted molar refractivity (Wildman–Crippen MR) is 419 cm³/mol. The molecule has 2 saturated heterocycles. The van der Waals surface area contributed by atoms with Crippen molar-refractivity contribution in [2.24, 2.45) is 31.8 Å². The smallest absolute Gasteiger partial charge is 0.433 e. The van der Waals surface area contributed by atoms with Gasteiger partial charge < -0.3 is 20.5 Å². The number of pyridine rings is 2. The number of benzene rings is 4. The molecule has 26 nitrogen and oxygen atoms in total. The molecule has 4 aromatic carbocycles. The molecule has 0 bridgehead atoms. The number of amides is 6. The van der Waals surface area contributed by atoms with Crippen LogP contribution < -0.4 is 37.4 Å². The first kappa shape index (κ1) is 79.9. The van der Waals surface area contributed by atoms with Crippen LogP contribution in [0.25, 0.3) is 43.9 Å². The zero-order valence-electron chi connectivity index (χ0n) is 65.0. The van der Waals surface area contributed by atoms with Crippen LogP contribution in [0.5, 0.6) is 5.75 Å². The summed E-state index contributed by atoms with van der Waals surface area (Å²) in [4.78, 5) is 118. The Hall–Kier alpha value is -11.3. The fraction of sp³-hybridized carbons (Fsp3) is 0.452. The second-order valence-electron chi connectivity index (χ2n) is 32.2. The molecule has 5 fully saturated rings. The second-order valence-corrected chi connectivity index (χ2v) is 32.2. The second kappa shape index (κ2) is 32.1. The van der Waals surface area contributed by atoms with E-state index >= 15 is 0 Å². The van der Waals surface area contributed by atoms with Gasteiger partial charge in [-0.15, -0.1) is 0 Å². The Balaban J connectivity index is 0.719. The average molecular weight is 1600 g/mol. The van der Waals surface area contributed by atoms with Crippen LogP contribution >= 0.6 is 0 Å². The minimum atomic E-state index is -4.79. The van der Waals surface area contributed by atoms with Gasteiger partial charge in [0.1, 0.15) is 40.6 Å². The van der Waals surface area contributed by atoms with E-state index < -0.39 is 88.0 Å². The van der Waals surface area contributed by atoms with Crippen LogP contribution in [0, 0.1) is 29.6 Å². The average Bonchev–Trinajstić information content (AvgIpc) is 1.63. The zero-order chi connectivity index (χ0) is 82.0. The van der Waals surface area contributed by atoms with Gasteiger partial charge in [-0.05, 0) is 201 Å². The maximum atomic E-state index is 14.1. The number of halogens is 6. The van der Waals surface area contributed by atoms with Crippen molar-refractivity contribution >= 4 is 90.7 Å². The monoisotopic (exact) mass is 1600 g/mol. The Morgan fingerprint density at radius 3 is 1.66 bits per heavy atom. The topological polar surface area (TPSA) is 302 Å². The number of para-hydroxylation sites is 2. The van der Waals surface area contributed by atoms with Gasteiger partial charge >= 0.3 is 23.7 Å². The maximum Gasteiger partial charge on any atom is 0.433 e. The van der Waals surface area contributed by atoms with Gasteiger partial charge in [-0.2, -0.15) is 36.5 Å². The third kappa shape index (κ3) is 16.4. The lowest BCUT2D eigenvalue weighted by molar-refractivity contribution is -0.142. The van der Waals surface area contributed by atoms with E-state index in [9.17, 15) is 69.8 Å². The number of carbonyl (C=O) groups excluding carboxylic acids is 6. The van der Waals surface area contributed by atoms with Crippen LogP contribution in [0.3, 0.4) is 0 Å². The van der Waals surface area contributed by atoms with Crippen molar-refractivity contribution in [1.29, 1.82) is 0 Å². The zero-order valence-corrected chi connectivity index (χ0v) is 65.0. The number of rotatable bonds is 20. The quantitative estimate of drug-likeness (QED) is 0.0269. The first-order chi connectivity index (χ1) is 55.3. The largest absolute Gasteiger partial charge is 0.494 e. The number of aliphatic hydroxyl groups is 1. The van der Waals surface area contributed by atoms with Crippen molar-refractivity contribution in [3.05, 3.63) is 170 Å². The molecule has 10 aromatic rings. The number of imide groups is 2. The lowest BCUT2D eigenvalue weighted by atomic mass is 9.78. The van der Waals surface area contributed by atoms with E-state index in [-0.39, 0.29) is 96.3 Å². The molecular formula is C84H90F6N16O10. The van der Waals surface area contributed by atoms with Crippen molar-refractivity contribution < 1.29 is 65.0 Å². The number of aryl methyl sites for hydroxylation is 2. The summed E-state index contributed by atoms with van der Waals surface area (Å²) in [5, 5.41) is 33.1. The minimum Gasteiger partial charge on any atom is -0.494 e. The van der Waals surface area contributed by atoms with Gasteiger partial charge in [0.15, 0.2) is 0 Å². The van der Waals surface area contributed by atoms with Crippen molar-refractivity contribution in [2.75, 3.05) is 44.4 Å². The number of anilines is 2. The third-order valence-electron chi connectivity index (χ3n) is 24.3. The molecule has 6 aromatic heterocycles. The van der Waals surface area contributed by atoms with E-state index in [2.05, 4.69) is 66.0 Å². The lowest BCUT2D eigenvalue weighted by Gasteiger charge is -2.45. The molecule has 116 heavy (non-hydrogen) atoms. The number of ether oxygens (including phenoxy) is 1. The number of likely N-dealkylation sites (N-methyl/N-ethyl adjacent to an activating group) is 1. The number of alkyl halides is 6. The molecule has 32 heteroatoms. The lowest BCUT2D eigenvalue weighted by Crippen LogP contribution is -2.52. The minimum absolute atomic E-state index is 0.0112. The summed E-state index contributed by atoms with van der Waals surface area (Å²) in [6.07, 6.45) is 5.49. The van der Waals surface area contributed by atoms with Crippen molar-refractivity contribution in [3.8, 4) is 17.6 Å². The first-order valence-corrected chi connectivity index (χ1v) is 39.4. The van der Waals surface area contributed by atoms with Crippen LogP contribution in [0.15, 0.2) is 119 Å². The Kier molecular flexibility index (Phi) is 22.1. The van der Waals surface area contributed by atoms with Crippen LogP contribution in [-0.2, 0) is 57.6 Å². The standard InChI is InChI=1S/C84H90F6N16O10/c1-82(2,115)57-41-60-52(39-62(57)93-76(109)58-15-9-19-70(91-58)83(85,86)87)44-104(97-60)56-31-25-49(26-32-56)68(99(3)37-11-14-50-12-7-17-64-74(50)100(4)80(113)105(64)66-33-35-72(107)95-78(66)111)46-102(54-27-21-47(22-28-54)38-51-13-8-18-65-75(51)101(5)81(114)106(65)67-34-36-73(108)96-79(67)112)43-48-23-29-55(30-24-48)103-45-53-40-63(69(116-6)42-61(53)98-103)94-77(110)59-16-10-20-71(92-59)84(88,89)90/h7-10,12-13,15-20,39-42,44-45,47-49,54-56,66-68,115H,21-38,43,46H2,1-6H3,(H,93,109)(H,94,110)(H,95,107,111)(H,96,108,112)/t47-,48-,49-,54-,55-,56-,66?,67?,68?. The van der Waals surface area contributed by atoms with E-state index in [0.29, 0.717) is 69.0 Å². The highest BCUT2D eigenvalue weighted by atomic mass is 19.4. The van der Waals surface area contributed by atoms with Gasteiger partial charge in [0.2, 0.25) is 23.6 Å². The van der Waals surface area contributed by atoms with E-state index in [4.69, 9.17) is 14.9 Å². The number of aromatic nitrogens is 10. The summed E-state index contributed by atoms with van der Waals surface area (Å²) in [5.74, 6) is 4.30. The molecule has 15 rings (SSSR count). The maximum absolute atomic E-state index is 14.1. The first-order valence-electron chi connectivity index (χ1n) is 39.4. The van der Waals surface area contributed by atoms with Gasteiger partial charge in [0, 0.05) is 92.6 Å². The number of carbonyl (C=O) groups is 6. The van der Waals surface area contributed by atoms with Crippen molar-refractivity contribution in [1.82, 2.24) is 68.2 Å². The number of nitrogens with zero attached hydrogens (tertiary/aromatic N) is 12. The fourth-order valence-electron chi connectivity index (χ4n) is 18.2. The summed E-state index contributed by atoms with van der Waals surface area (Å²) in [6, 6.07) is 22.5. The molecule has 2 aliphatic heterocycles. The fourth-order valence-corrected chi connectivity index (χ4v) is 18.2. The van der Waals surface area contributed by atoms with Crippen molar-refractivity contribution in [3.63, 3.8) is 0 Å². The number of fused-ring (bicyclic) bond motifs is 4. The SMILES string of the molecule is COc1cc2nn([C@H]3CC[C@H](CN(CC([C@H]4CC[C@H](n5cc6cc(NC(=O)c7cccc(C(F)(F)F)n7)c(C(C)(C)O)cc6n5)CC4)N(C)CC#Cc4cccc5c4n(C)c(=O)n5C4CCC(=O)NC4=O)[C@H]4CC[C@H](Cc5cccc6c5n(C)c(=O)n6C5CCC(=O)NC5=O)CC4)CC3)cc2cc1NC(=O)c1cccc(C(F)(F)F)n1. The Morgan fingerprint density at radius 1 is 0.621 bits per heavy atom. The summed E-state index contributed by atoms with van der Waals surface area (Å²) in [6.45, 7) is 4.89. The number of piperidine rings is 2. The van der Waals surface area contributed by atoms with Crippen LogP contribution in [0.2, 0.25) is 0 Å². The number of hydrogen-bond acceptors (Lipinski definition) is 16. The number of nitrogens with one attached hydrogen (secondary N) is 4. The van der Waals surface area contributed by atoms with Crippen LogP contribution in [0.1, 0.15) is 190 Å². The highest BCUT2D eigenvalue weighted by molar-refractivity contribution is 6.06. The van der Waals surface area contributed by atoms with Crippen LogP contribution in [0.4, 0.5) is 37.7 Å². The van der Waals surface area contributed by atoms with Gasteiger partial charge in [-0.3, -0.25) is 76.8 Å². The van der Waals surface area contributed by atoms with Crippen molar-refractivity contribution in [2.45, 2.75) is 177 Å². The molecule has 5 N–H and O–H groups in total. The molecule has 0 spiro atoms. The Bertz CT molecular complexity index is 5710. The van der Waals surface area contributed by atoms with E-state index in [1.807, 2.05) is 40.0 Å². The highest BCUT2D eigenvalue weighted by Gasteiger charge is 2.41. The van der Waals surface area contributed by atoms with Crippen LogP contribution in [-0.4, -0.2) is 144 Å². The summed E-state index contributed by atoms with van der Waals surface area (Å²) in [5.41, 5.74) is 0.376. The highest BCUT2D eigenvalue weighted by Crippen LogP contribution is 2.43. The molecule has 8 heterocycles. The normalized spacial score (nSPS) is 21.5. The third-order valence-corrected chi connectivity index (χ3v) is 24.3. The number of imidazole rings is 2. The molecule has 6 amide bonds. The molecule has 5 aliphatic rings. The molecule has 3 atom stereocenters. The Labute approximate surface area is 661 Å². The summed E-state index contributed by atoms with van der Waals surface area (Å²) >= 11 is 0.